The molecule has 0 atom stereocenters. The molecule has 0 bridgehead atoms. The second-order valence-corrected chi connectivity index (χ2v) is 4.69. The highest BCUT2D eigenvalue weighted by molar-refractivity contribution is 6.30. The molecule has 0 saturated carbocycles. The maximum absolute atomic E-state index is 5.91. The van der Waals surface area contributed by atoms with Crippen LogP contribution in [0.2, 0.25) is 5.02 Å². The summed E-state index contributed by atoms with van der Waals surface area (Å²) < 4.78 is 0. The van der Waals surface area contributed by atoms with E-state index >= 15 is 0 Å². The average molecular weight is 255 g/mol. The molecule has 2 nitrogen and oxygen atoms in total. The van der Waals surface area contributed by atoms with Crippen molar-refractivity contribution in [3.8, 4) is 11.3 Å². The third-order valence-electron chi connectivity index (χ3n) is 2.91. The van der Waals surface area contributed by atoms with E-state index in [-0.39, 0.29) is 0 Å². The number of fused-ring (bicyclic) bond motifs is 1. The first-order chi connectivity index (χ1) is 8.74. The van der Waals surface area contributed by atoms with E-state index in [1.807, 2.05) is 24.3 Å². The minimum absolute atomic E-state index is 0.730. The summed E-state index contributed by atoms with van der Waals surface area (Å²) in [6.45, 7) is 2.06. The van der Waals surface area contributed by atoms with Crippen molar-refractivity contribution in [3.05, 3.63) is 59.4 Å². The Kier molecular flexibility index (Phi) is 2.73. The van der Waals surface area contributed by atoms with Gasteiger partial charge in [0.1, 0.15) is 6.33 Å². The predicted octanol–water partition coefficient (Wildman–Crippen LogP) is 4.26. The highest BCUT2D eigenvalue weighted by atomic mass is 35.5. The highest BCUT2D eigenvalue weighted by Gasteiger charge is 2.06. The van der Waals surface area contributed by atoms with E-state index in [2.05, 4.69) is 35.1 Å². The SMILES string of the molecule is Cc1ccc2c(-c3ccc(Cl)cc3)ncnc2c1. The van der Waals surface area contributed by atoms with Crippen LogP contribution in [0.5, 0.6) is 0 Å². The lowest BCUT2D eigenvalue weighted by molar-refractivity contribution is 1.22. The smallest absolute Gasteiger partial charge is 0.116 e. The first kappa shape index (κ1) is 11.2. The largest absolute Gasteiger partial charge is 0.236 e. The number of aromatic nitrogens is 2. The molecule has 0 amide bonds. The summed E-state index contributed by atoms with van der Waals surface area (Å²) in [6.07, 6.45) is 1.60. The van der Waals surface area contributed by atoms with Crippen LogP contribution >= 0.6 is 11.6 Å². The molecule has 1 heterocycles. The second-order valence-electron chi connectivity index (χ2n) is 4.25. The summed E-state index contributed by atoms with van der Waals surface area (Å²) in [7, 11) is 0. The lowest BCUT2D eigenvalue weighted by Gasteiger charge is -2.05. The molecule has 0 unspecified atom stereocenters. The zero-order valence-corrected chi connectivity index (χ0v) is 10.6. The first-order valence-corrected chi connectivity index (χ1v) is 6.09. The van der Waals surface area contributed by atoms with E-state index in [4.69, 9.17) is 11.6 Å². The van der Waals surface area contributed by atoms with Crippen molar-refractivity contribution in [1.29, 1.82) is 0 Å². The van der Waals surface area contributed by atoms with Crippen molar-refractivity contribution in [3.63, 3.8) is 0 Å². The second kappa shape index (κ2) is 4.39. The Balaban J connectivity index is 2.26. The number of benzene rings is 2. The van der Waals surface area contributed by atoms with Gasteiger partial charge in [0, 0.05) is 16.0 Å². The minimum atomic E-state index is 0.730. The van der Waals surface area contributed by atoms with E-state index in [1.54, 1.807) is 6.33 Å². The van der Waals surface area contributed by atoms with Gasteiger partial charge in [-0.15, -0.1) is 0 Å². The van der Waals surface area contributed by atoms with E-state index in [0.29, 0.717) is 0 Å². The minimum Gasteiger partial charge on any atom is -0.236 e. The highest BCUT2D eigenvalue weighted by Crippen LogP contribution is 2.26. The molecule has 0 aliphatic rings. The fourth-order valence-electron chi connectivity index (χ4n) is 2.00. The van der Waals surface area contributed by atoms with Crippen molar-refractivity contribution in [2.75, 3.05) is 0 Å². The van der Waals surface area contributed by atoms with Crippen LogP contribution in [-0.2, 0) is 0 Å². The monoisotopic (exact) mass is 254 g/mol. The standard InChI is InChI=1S/C15H11ClN2/c1-10-2-7-13-14(8-10)17-9-18-15(13)11-3-5-12(16)6-4-11/h2-9H,1H3. The molecule has 3 rings (SSSR count). The number of hydrogen-bond acceptors (Lipinski definition) is 2. The molecule has 18 heavy (non-hydrogen) atoms. The Bertz CT molecular complexity index is 705. The normalized spacial score (nSPS) is 10.8. The fourth-order valence-corrected chi connectivity index (χ4v) is 2.13. The average Bonchev–Trinajstić information content (AvgIpc) is 2.38. The van der Waals surface area contributed by atoms with Gasteiger partial charge >= 0.3 is 0 Å². The number of hydrogen-bond donors (Lipinski definition) is 0. The van der Waals surface area contributed by atoms with Gasteiger partial charge in [0.2, 0.25) is 0 Å². The maximum atomic E-state index is 5.91. The van der Waals surface area contributed by atoms with Crippen molar-refractivity contribution in [1.82, 2.24) is 9.97 Å². The third-order valence-corrected chi connectivity index (χ3v) is 3.16. The van der Waals surface area contributed by atoms with Gasteiger partial charge in [-0.1, -0.05) is 35.9 Å². The zero-order valence-electron chi connectivity index (χ0n) is 9.89. The lowest BCUT2D eigenvalue weighted by Crippen LogP contribution is -1.89. The van der Waals surface area contributed by atoms with Crippen LogP contribution in [-0.4, -0.2) is 9.97 Å². The molecular weight excluding hydrogens is 244 g/mol. The Labute approximate surface area is 110 Å². The molecule has 88 valence electrons. The Morgan fingerprint density at radius 3 is 2.50 bits per heavy atom. The van der Waals surface area contributed by atoms with Crippen molar-refractivity contribution < 1.29 is 0 Å². The molecular formula is C15H11ClN2. The van der Waals surface area contributed by atoms with Crippen molar-refractivity contribution in [2.24, 2.45) is 0 Å². The lowest BCUT2D eigenvalue weighted by atomic mass is 10.1. The van der Waals surface area contributed by atoms with Gasteiger partial charge in [0.05, 0.1) is 11.2 Å². The molecule has 0 spiro atoms. The van der Waals surface area contributed by atoms with E-state index in [9.17, 15) is 0 Å². The number of nitrogens with zero attached hydrogens (tertiary/aromatic N) is 2. The summed E-state index contributed by atoms with van der Waals surface area (Å²) >= 11 is 5.91. The first-order valence-electron chi connectivity index (χ1n) is 5.71. The van der Waals surface area contributed by atoms with Gasteiger partial charge < -0.3 is 0 Å². The number of rotatable bonds is 1. The zero-order chi connectivity index (χ0) is 12.5. The quantitative estimate of drug-likeness (QED) is 0.648. The fraction of sp³-hybridized carbons (Fsp3) is 0.0667. The van der Waals surface area contributed by atoms with Crippen LogP contribution in [0, 0.1) is 6.92 Å². The van der Waals surface area contributed by atoms with Crippen LogP contribution in [0.1, 0.15) is 5.56 Å². The molecule has 2 aromatic carbocycles. The Morgan fingerprint density at radius 2 is 1.72 bits per heavy atom. The summed E-state index contributed by atoms with van der Waals surface area (Å²) in [6, 6.07) is 13.9. The molecule has 0 fully saturated rings. The maximum Gasteiger partial charge on any atom is 0.116 e. The molecule has 1 aromatic heterocycles. The Hall–Kier alpha value is -1.93. The van der Waals surface area contributed by atoms with Crippen LogP contribution in [0.4, 0.5) is 0 Å². The number of aryl methyl sites for hydroxylation is 1. The van der Waals surface area contributed by atoms with Crippen molar-refractivity contribution in [2.45, 2.75) is 6.92 Å². The summed E-state index contributed by atoms with van der Waals surface area (Å²) in [4.78, 5) is 8.69. The van der Waals surface area contributed by atoms with Gasteiger partial charge in [-0.2, -0.15) is 0 Å². The van der Waals surface area contributed by atoms with E-state index in [1.165, 1.54) is 5.56 Å². The van der Waals surface area contributed by atoms with Crippen LogP contribution < -0.4 is 0 Å². The predicted molar refractivity (Wildman–Crippen MR) is 74.7 cm³/mol. The molecule has 3 aromatic rings. The van der Waals surface area contributed by atoms with Gasteiger partial charge in [-0.25, -0.2) is 9.97 Å². The molecule has 0 N–H and O–H groups in total. The molecule has 0 radical (unpaired) electrons. The van der Waals surface area contributed by atoms with Crippen LogP contribution in [0.15, 0.2) is 48.8 Å². The topological polar surface area (TPSA) is 25.8 Å². The van der Waals surface area contributed by atoms with Gasteiger partial charge in [0.25, 0.3) is 0 Å². The molecule has 0 saturated heterocycles. The van der Waals surface area contributed by atoms with Crippen LogP contribution in [0.25, 0.3) is 22.2 Å². The molecule has 3 heteroatoms. The van der Waals surface area contributed by atoms with Crippen LogP contribution in [0.3, 0.4) is 0 Å². The van der Waals surface area contributed by atoms with Gasteiger partial charge in [0.15, 0.2) is 0 Å². The van der Waals surface area contributed by atoms with Gasteiger partial charge in [-0.3, -0.25) is 0 Å². The summed E-state index contributed by atoms with van der Waals surface area (Å²) in [5.74, 6) is 0. The van der Waals surface area contributed by atoms with E-state index < -0.39 is 0 Å². The Morgan fingerprint density at radius 1 is 0.944 bits per heavy atom. The van der Waals surface area contributed by atoms with Gasteiger partial charge in [-0.05, 0) is 30.7 Å². The third kappa shape index (κ3) is 1.95. The van der Waals surface area contributed by atoms with E-state index in [0.717, 1.165) is 27.2 Å². The summed E-state index contributed by atoms with van der Waals surface area (Å²) in [5.41, 5.74) is 4.16. The summed E-state index contributed by atoms with van der Waals surface area (Å²) in [5, 5.41) is 1.79. The van der Waals surface area contributed by atoms with Crippen molar-refractivity contribution >= 4 is 22.5 Å². The molecule has 0 aliphatic heterocycles. The molecule has 0 aliphatic carbocycles. The number of halogens is 1.